The average Bonchev–Trinajstić information content (AvgIpc) is 2.91. The summed E-state index contributed by atoms with van der Waals surface area (Å²) in [5.41, 5.74) is 0. The van der Waals surface area contributed by atoms with Crippen molar-refractivity contribution in [2.24, 2.45) is 5.92 Å². The minimum Gasteiger partial charge on any atom is -0.481 e. The first-order valence-corrected chi connectivity index (χ1v) is 7.05. The summed E-state index contributed by atoms with van der Waals surface area (Å²) in [7, 11) is 1.44. The molecule has 2 rings (SSSR count). The number of alkyl halides is 3. The topological polar surface area (TPSA) is 79.4 Å². The standard InChI is InChI=1S/C13H18F3N5O2/c1-23-11-4-10(18-8-19-11)20-12(22)17-5-9-2-3-21(6-9)7-13(14,15)16/h4,8-9H,2-3,5-7H2,1H3,(H2,17,18,19,20,22). The molecular formula is C13H18F3N5O2. The van der Waals surface area contributed by atoms with E-state index >= 15 is 0 Å². The van der Waals surface area contributed by atoms with Crippen molar-refractivity contribution in [3.8, 4) is 5.88 Å². The van der Waals surface area contributed by atoms with Crippen LogP contribution in [0.3, 0.4) is 0 Å². The van der Waals surface area contributed by atoms with Crippen LogP contribution >= 0.6 is 0 Å². The number of carbonyl (C=O) groups is 1. The summed E-state index contributed by atoms with van der Waals surface area (Å²) >= 11 is 0. The van der Waals surface area contributed by atoms with Crippen LogP contribution in [-0.2, 0) is 0 Å². The van der Waals surface area contributed by atoms with Crippen LogP contribution in [0.4, 0.5) is 23.8 Å². The molecule has 0 saturated carbocycles. The van der Waals surface area contributed by atoms with Crippen LogP contribution in [0.5, 0.6) is 5.88 Å². The van der Waals surface area contributed by atoms with Crippen molar-refractivity contribution in [3.63, 3.8) is 0 Å². The average molecular weight is 333 g/mol. The molecule has 1 atom stereocenters. The lowest BCUT2D eigenvalue weighted by Gasteiger charge is -2.18. The number of urea groups is 1. The number of hydrogen-bond acceptors (Lipinski definition) is 5. The molecule has 2 amide bonds. The van der Waals surface area contributed by atoms with E-state index in [-0.39, 0.29) is 11.7 Å². The summed E-state index contributed by atoms with van der Waals surface area (Å²) in [5.74, 6) is 0.594. The van der Waals surface area contributed by atoms with Crippen molar-refractivity contribution in [3.05, 3.63) is 12.4 Å². The number of nitrogens with one attached hydrogen (secondary N) is 2. The van der Waals surface area contributed by atoms with Gasteiger partial charge in [0.15, 0.2) is 0 Å². The van der Waals surface area contributed by atoms with Gasteiger partial charge in [-0.05, 0) is 18.9 Å². The van der Waals surface area contributed by atoms with Crippen molar-refractivity contribution in [1.29, 1.82) is 0 Å². The van der Waals surface area contributed by atoms with Gasteiger partial charge in [-0.3, -0.25) is 10.2 Å². The molecule has 1 fully saturated rings. The van der Waals surface area contributed by atoms with Gasteiger partial charge in [-0.1, -0.05) is 0 Å². The molecule has 1 unspecified atom stereocenters. The van der Waals surface area contributed by atoms with Gasteiger partial charge < -0.3 is 10.1 Å². The van der Waals surface area contributed by atoms with Crippen molar-refractivity contribution in [2.75, 3.05) is 38.6 Å². The fraction of sp³-hybridized carbons (Fsp3) is 0.615. The molecule has 10 heteroatoms. The van der Waals surface area contributed by atoms with Crippen LogP contribution in [-0.4, -0.2) is 60.4 Å². The third kappa shape index (κ3) is 5.89. The molecule has 2 heterocycles. The normalized spacial score (nSPS) is 18.7. The maximum Gasteiger partial charge on any atom is 0.401 e. The lowest BCUT2D eigenvalue weighted by molar-refractivity contribution is -0.143. The molecule has 1 aliphatic heterocycles. The molecule has 23 heavy (non-hydrogen) atoms. The Bertz CT molecular complexity index is 541. The summed E-state index contributed by atoms with van der Waals surface area (Å²) in [5, 5.41) is 5.15. The molecule has 7 nitrogen and oxygen atoms in total. The molecule has 1 aliphatic rings. The van der Waals surface area contributed by atoms with Crippen molar-refractivity contribution < 1.29 is 22.7 Å². The fourth-order valence-electron chi connectivity index (χ4n) is 2.39. The molecule has 128 valence electrons. The molecule has 0 aromatic carbocycles. The molecular weight excluding hydrogens is 315 g/mol. The van der Waals surface area contributed by atoms with Gasteiger partial charge in [0.05, 0.1) is 13.7 Å². The first kappa shape index (κ1) is 17.3. The highest BCUT2D eigenvalue weighted by molar-refractivity contribution is 5.88. The SMILES string of the molecule is COc1cc(NC(=O)NCC2CCN(CC(F)(F)F)C2)ncn1. The Hall–Kier alpha value is -2.10. The number of aromatic nitrogens is 2. The minimum absolute atomic E-state index is 0.00281. The molecule has 1 saturated heterocycles. The highest BCUT2D eigenvalue weighted by Gasteiger charge is 2.34. The summed E-state index contributed by atoms with van der Waals surface area (Å²) in [6.07, 6.45) is -2.32. The van der Waals surface area contributed by atoms with E-state index in [9.17, 15) is 18.0 Å². The number of nitrogens with zero attached hydrogens (tertiary/aromatic N) is 3. The number of carbonyl (C=O) groups excluding carboxylic acids is 1. The Balaban J connectivity index is 1.72. The van der Waals surface area contributed by atoms with E-state index in [0.717, 1.165) is 0 Å². The lowest BCUT2D eigenvalue weighted by Crippen LogP contribution is -2.36. The first-order valence-electron chi connectivity index (χ1n) is 7.05. The number of ether oxygens (including phenoxy) is 1. The predicted molar refractivity (Wildman–Crippen MR) is 76.2 cm³/mol. The second-order valence-electron chi connectivity index (χ2n) is 5.29. The van der Waals surface area contributed by atoms with E-state index in [4.69, 9.17) is 4.74 Å². The Kier molecular flexibility index (Phi) is 5.59. The third-order valence-corrected chi connectivity index (χ3v) is 3.42. The highest BCUT2D eigenvalue weighted by Crippen LogP contribution is 2.22. The molecule has 0 radical (unpaired) electrons. The van der Waals surface area contributed by atoms with Crippen LogP contribution in [0.1, 0.15) is 6.42 Å². The van der Waals surface area contributed by atoms with Crippen molar-refractivity contribution in [1.82, 2.24) is 20.2 Å². The number of methoxy groups -OCH3 is 1. The number of halogens is 3. The predicted octanol–water partition coefficient (Wildman–Crippen LogP) is 1.49. The van der Waals surface area contributed by atoms with Crippen LogP contribution in [0.2, 0.25) is 0 Å². The van der Waals surface area contributed by atoms with E-state index in [1.165, 1.54) is 24.4 Å². The smallest absolute Gasteiger partial charge is 0.401 e. The number of rotatable bonds is 5. The third-order valence-electron chi connectivity index (χ3n) is 3.42. The van der Waals surface area contributed by atoms with E-state index in [2.05, 4.69) is 20.6 Å². The number of likely N-dealkylation sites (tertiary alicyclic amines) is 1. The van der Waals surface area contributed by atoms with Crippen LogP contribution in [0.25, 0.3) is 0 Å². The largest absolute Gasteiger partial charge is 0.481 e. The van der Waals surface area contributed by atoms with Gasteiger partial charge in [0.1, 0.15) is 12.1 Å². The second-order valence-corrected chi connectivity index (χ2v) is 5.29. The maximum atomic E-state index is 12.3. The minimum atomic E-state index is -4.19. The summed E-state index contributed by atoms with van der Waals surface area (Å²) < 4.78 is 41.8. The van der Waals surface area contributed by atoms with Gasteiger partial charge in [-0.25, -0.2) is 14.8 Å². The number of amides is 2. The van der Waals surface area contributed by atoms with E-state index in [0.29, 0.717) is 31.9 Å². The van der Waals surface area contributed by atoms with Crippen LogP contribution < -0.4 is 15.4 Å². The highest BCUT2D eigenvalue weighted by atomic mass is 19.4. The number of anilines is 1. The van der Waals surface area contributed by atoms with Gasteiger partial charge in [-0.15, -0.1) is 0 Å². The van der Waals surface area contributed by atoms with Gasteiger partial charge in [0, 0.05) is 19.2 Å². The molecule has 2 N–H and O–H groups in total. The fourth-order valence-corrected chi connectivity index (χ4v) is 2.39. The number of hydrogen-bond donors (Lipinski definition) is 2. The van der Waals surface area contributed by atoms with Crippen molar-refractivity contribution in [2.45, 2.75) is 12.6 Å². The van der Waals surface area contributed by atoms with Crippen LogP contribution in [0, 0.1) is 5.92 Å². The zero-order chi connectivity index (χ0) is 16.9. The summed E-state index contributed by atoms with van der Waals surface area (Å²) in [6.45, 7) is 0.108. The van der Waals surface area contributed by atoms with Crippen LogP contribution in [0.15, 0.2) is 12.4 Å². The Morgan fingerprint density at radius 3 is 2.96 bits per heavy atom. The van der Waals surface area contributed by atoms with Crippen molar-refractivity contribution >= 4 is 11.8 Å². The van der Waals surface area contributed by atoms with E-state index < -0.39 is 18.8 Å². The lowest BCUT2D eigenvalue weighted by atomic mass is 10.1. The summed E-state index contributed by atoms with van der Waals surface area (Å²) in [4.78, 5) is 20.8. The second kappa shape index (κ2) is 7.44. The first-order chi connectivity index (χ1) is 10.9. The van der Waals surface area contributed by atoms with Gasteiger partial charge >= 0.3 is 12.2 Å². The zero-order valence-corrected chi connectivity index (χ0v) is 12.6. The summed E-state index contributed by atoms with van der Waals surface area (Å²) in [6, 6.07) is 0.986. The molecule has 0 bridgehead atoms. The Morgan fingerprint density at radius 1 is 1.48 bits per heavy atom. The van der Waals surface area contributed by atoms with E-state index in [1.54, 1.807) is 0 Å². The molecule has 0 aliphatic carbocycles. The molecule has 0 spiro atoms. The van der Waals surface area contributed by atoms with E-state index in [1.807, 2.05) is 0 Å². The maximum absolute atomic E-state index is 12.3. The Morgan fingerprint density at radius 2 is 2.26 bits per heavy atom. The zero-order valence-electron chi connectivity index (χ0n) is 12.6. The Labute approximate surface area is 131 Å². The van der Waals surface area contributed by atoms with Gasteiger partial charge in [-0.2, -0.15) is 13.2 Å². The monoisotopic (exact) mass is 333 g/mol. The van der Waals surface area contributed by atoms with Gasteiger partial charge in [0.25, 0.3) is 0 Å². The van der Waals surface area contributed by atoms with Gasteiger partial charge in [0.2, 0.25) is 5.88 Å². The molecule has 1 aromatic heterocycles. The quantitative estimate of drug-likeness (QED) is 0.853. The molecule has 1 aromatic rings.